The monoisotopic (exact) mass is 387 g/mol. The Hall–Kier alpha value is -2.45. The second-order valence-electron chi connectivity index (χ2n) is 6.82. The van der Waals surface area contributed by atoms with E-state index in [0.717, 1.165) is 17.0 Å². The van der Waals surface area contributed by atoms with Crippen LogP contribution in [0.25, 0.3) is 5.65 Å². The fraction of sp³-hybridized carbons (Fsp3) is 0.368. The number of hydrogen-bond donors (Lipinski definition) is 1. The molecule has 8 heteroatoms. The molecule has 1 aromatic carbocycles. The van der Waals surface area contributed by atoms with Crippen LogP contribution in [0.5, 0.6) is 0 Å². The lowest BCUT2D eigenvalue weighted by atomic mass is 10.0. The summed E-state index contributed by atoms with van der Waals surface area (Å²) in [4.78, 5) is 7.07. The molecule has 144 valence electrons. The van der Waals surface area contributed by atoms with E-state index in [1.807, 2.05) is 27.9 Å². The van der Waals surface area contributed by atoms with E-state index in [-0.39, 0.29) is 15.8 Å². The first-order valence-corrected chi connectivity index (χ1v) is 10.2. The maximum absolute atomic E-state index is 13.3. The standard InChI is InChI=1S/C19H25N5O2S/c1-12-16(13(2)23(5)6)14(3)24-19(21-12)17(18(20-4)22-24)27(25,26)15-10-8-7-9-11-15/h7-11,13H,1-6H3,(H,20,22). The Kier molecular flexibility index (Phi) is 4.96. The zero-order valence-electron chi connectivity index (χ0n) is 16.5. The van der Waals surface area contributed by atoms with Gasteiger partial charge in [0.25, 0.3) is 0 Å². The Balaban J connectivity index is 2.36. The fourth-order valence-corrected chi connectivity index (χ4v) is 4.83. The first-order valence-electron chi connectivity index (χ1n) is 8.74. The van der Waals surface area contributed by atoms with Crippen LogP contribution < -0.4 is 5.32 Å². The van der Waals surface area contributed by atoms with Gasteiger partial charge in [0, 0.05) is 30.0 Å². The third-order valence-corrected chi connectivity index (χ3v) is 6.75. The van der Waals surface area contributed by atoms with Crippen LogP contribution in [0.15, 0.2) is 40.1 Å². The molecule has 1 atom stereocenters. The highest BCUT2D eigenvalue weighted by Gasteiger charge is 2.30. The summed E-state index contributed by atoms with van der Waals surface area (Å²) in [6.07, 6.45) is 0. The van der Waals surface area contributed by atoms with Gasteiger partial charge in [-0.1, -0.05) is 18.2 Å². The summed E-state index contributed by atoms with van der Waals surface area (Å²) in [5.41, 5.74) is 3.06. The lowest BCUT2D eigenvalue weighted by molar-refractivity contribution is 0.317. The van der Waals surface area contributed by atoms with Crippen molar-refractivity contribution in [1.29, 1.82) is 0 Å². The highest BCUT2D eigenvalue weighted by atomic mass is 32.2. The zero-order valence-corrected chi connectivity index (χ0v) is 17.3. The van der Waals surface area contributed by atoms with E-state index < -0.39 is 9.84 Å². The minimum absolute atomic E-state index is 0.103. The maximum Gasteiger partial charge on any atom is 0.214 e. The highest BCUT2D eigenvalue weighted by Crippen LogP contribution is 2.33. The van der Waals surface area contributed by atoms with Crippen molar-refractivity contribution >= 4 is 21.3 Å². The lowest BCUT2D eigenvalue weighted by Crippen LogP contribution is -2.21. The topological polar surface area (TPSA) is 79.6 Å². The molecule has 2 heterocycles. The summed E-state index contributed by atoms with van der Waals surface area (Å²) in [5, 5.41) is 7.43. The van der Waals surface area contributed by atoms with Crippen molar-refractivity contribution in [3.63, 3.8) is 0 Å². The van der Waals surface area contributed by atoms with E-state index in [9.17, 15) is 8.42 Å². The van der Waals surface area contributed by atoms with Crippen LogP contribution in [0.2, 0.25) is 0 Å². The number of sulfone groups is 1. The normalized spacial score (nSPS) is 13.3. The molecule has 7 nitrogen and oxygen atoms in total. The van der Waals surface area contributed by atoms with Crippen LogP contribution >= 0.6 is 0 Å². The Morgan fingerprint density at radius 3 is 2.33 bits per heavy atom. The zero-order chi connectivity index (χ0) is 19.9. The van der Waals surface area contributed by atoms with Crippen LogP contribution in [0, 0.1) is 13.8 Å². The van der Waals surface area contributed by atoms with Gasteiger partial charge >= 0.3 is 0 Å². The Labute approximate surface area is 160 Å². The van der Waals surface area contributed by atoms with Crippen molar-refractivity contribution in [2.45, 2.75) is 36.6 Å². The smallest absolute Gasteiger partial charge is 0.214 e. The average molecular weight is 388 g/mol. The van der Waals surface area contributed by atoms with Gasteiger partial charge in [-0.2, -0.15) is 0 Å². The molecule has 0 saturated carbocycles. The SMILES string of the molecule is CNc1nn2c(C)c(C(C)N(C)C)c(C)nc2c1S(=O)(=O)c1ccccc1. The fourth-order valence-electron chi connectivity index (χ4n) is 3.31. The maximum atomic E-state index is 13.3. The summed E-state index contributed by atoms with van der Waals surface area (Å²) in [6, 6.07) is 8.49. The second kappa shape index (κ2) is 6.94. The number of benzene rings is 1. The molecule has 0 aliphatic carbocycles. The predicted octanol–water partition coefficient (Wildman–Crippen LogP) is 2.84. The van der Waals surface area contributed by atoms with Gasteiger partial charge in [0.1, 0.15) is 0 Å². The number of rotatable bonds is 5. The number of aromatic nitrogens is 3. The van der Waals surface area contributed by atoms with E-state index in [0.29, 0.717) is 11.5 Å². The van der Waals surface area contributed by atoms with Gasteiger partial charge < -0.3 is 10.2 Å². The van der Waals surface area contributed by atoms with Crippen molar-refractivity contribution < 1.29 is 8.42 Å². The van der Waals surface area contributed by atoms with Crippen molar-refractivity contribution in [2.75, 3.05) is 26.5 Å². The highest BCUT2D eigenvalue weighted by molar-refractivity contribution is 7.91. The van der Waals surface area contributed by atoms with Crippen molar-refractivity contribution in [2.24, 2.45) is 0 Å². The number of anilines is 1. The number of fused-ring (bicyclic) bond motifs is 1. The molecule has 1 N–H and O–H groups in total. The van der Waals surface area contributed by atoms with E-state index in [1.54, 1.807) is 41.9 Å². The van der Waals surface area contributed by atoms with Gasteiger partial charge in [-0.3, -0.25) is 0 Å². The second-order valence-corrected chi connectivity index (χ2v) is 8.70. The molecule has 0 aliphatic heterocycles. The van der Waals surface area contributed by atoms with Crippen LogP contribution in [0.1, 0.15) is 29.9 Å². The number of nitrogens with zero attached hydrogens (tertiary/aromatic N) is 4. The largest absolute Gasteiger partial charge is 0.370 e. The molecule has 0 spiro atoms. The Morgan fingerprint density at radius 1 is 1.15 bits per heavy atom. The van der Waals surface area contributed by atoms with Gasteiger partial charge in [0.05, 0.1) is 4.90 Å². The van der Waals surface area contributed by atoms with Crippen LogP contribution in [0.4, 0.5) is 5.82 Å². The molecular formula is C19H25N5O2S. The van der Waals surface area contributed by atoms with Crippen LogP contribution in [-0.2, 0) is 9.84 Å². The Morgan fingerprint density at radius 2 is 1.78 bits per heavy atom. The minimum atomic E-state index is -3.77. The Bertz CT molecular complexity index is 1090. The molecule has 3 aromatic rings. The molecule has 0 radical (unpaired) electrons. The quantitative estimate of drug-likeness (QED) is 0.725. The van der Waals surface area contributed by atoms with Gasteiger partial charge in [0.15, 0.2) is 16.4 Å². The van der Waals surface area contributed by atoms with E-state index in [1.165, 1.54) is 0 Å². The first-order chi connectivity index (χ1) is 12.7. The molecule has 0 bridgehead atoms. The molecule has 27 heavy (non-hydrogen) atoms. The van der Waals surface area contributed by atoms with Gasteiger partial charge in [0.2, 0.25) is 9.84 Å². The molecule has 0 aliphatic rings. The summed E-state index contributed by atoms with van der Waals surface area (Å²) in [6.45, 7) is 5.95. The molecule has 2 aromatic heterocycles. The van der Waals surface area contributed by atoms with Crippen LogP contribution in [-0.4, -0.2) is 49.1 Å². The van der Waals surface area contributed by atoms with Gasteiger partial charge in [-0.05, 0) is 47.0 Å². The van der Waals surface area contributed by atoms with E-state index >= 15 is 0 Å². The van der Waals surface area contributed by atoms with E-state index in [2.05, 4.69) is 27.2 Å². The third kappa shape index (κ3) is 3.08. The third-order valence-electron chi connectivity index (χ3n) is 4.94. The van der Waals surface area contributed by atoms with Crippen LogP contribution in [0.3, 0.4) is 0 Å². The summed E-state index contributed by atoms with van der Waals surface area (Å²) in [5.74, 6) is 0.295. The molecule has 0 fully saturated rings. The van der Waals surface area contributed by atoms with Crippen molar-refractivity contribution in [1.82, 2.24) is 19.5 Å². The first kappa shape index (κ1) is 19.3. The minimum Gasteiger partial charge on any atom is -0.370 e. The lowest BCUT2D eigenvalue weighted by Gasteiger charge is -2.23. The number of nitrogens with one attached hydrogen (secondary N) is 1. The van der Waals surface area contributed by atoms with E-state index in [4.69, 9.17) is 0 Å². The molecule has 0 amide bonds. The molecule has 1 unspecified atom stereocenters. The molecular weight excluding hydrogens is 362 g/mol. The van der Waals surface area contributed by atoms with Crippen molar-refractivity contribution in [3.8, 4) is 0 Å². The van der Waals surface area contributed by atoms with Gasteiger partial charge in [-0.15, -0.1) is 5.10 Å². The molecule has 3 rings (SSSR count). The van der Waals surface area contributed by atoms with Gasteiger partial charge in [-0.25, -0.2) is 17.9 Å². The summed E-state index contributed by atoms with van der Waals surface area (Å²) in [7, 11) is 1.90. The predicted molar refractivity (Wildman–Crippen MR) is 106 cm³/mol. The van der Waals surface area contributed by atoms with Crippen molar-refractivity contribution in [3.05, 3.63) is 47.3 Å². The molecule has 0 saturated heterocycles. The summed E-state index contributed by atoms with van der Waals surface area (Å²) < 4.78 is 28.2. The average Bonchev–Trinajstić information content (AvgIpc) is 3.01. The number of hydrogen-bond acceptors (Lipinski definition) is 6. The number of aryl methyl sites for hydroxylation is 2. The summed E-state index contributed by atoms with van der Waals surface area (Å²) >= 11 is 0.